The molecule has 1 aliphatic carbocycles. The number of anilines is 3. The first-order valence-electron chi connectivity index (χ1n) is 16.5. The molecule has 0 atom stereocenters. The molecule has 3 nitrogen and oxygen atoms in total. The van der Waals surface area contributed by atoms with Crippen molar-refractivity contribution in [3.8, 4) is 11.1 Å². The Morgan fingerprint density at radius 3 is 1.45 bits per heavy atom. The average Bonchev–Trinajstić information content (AvgIpc) is 3.53. The van der Waals surface area contributed by atoms with E-state index in [1.54, 1.807) is 0 Å². The smallest absolute Gasteiger partial charge is 0.399 e. The van der Waals surface area contributed by atoms with Crippen molar-refractivity contribution < 1.29 is 9.31 Å². The normalized spacial score (nSPS) is 16.8. The second kappa shape index (κ2) is 11.1. The number of benzene rings is 6. The zero-order valence-electron chi connectivity index (χ0n) is 27.4. The number of hydrogen-bond acceptors (Lipinski definition) is 3. The lowest BCUT2D eigenvalue weighted by Crippen LogP contribution is -2.41. The zero-order chi connectivity index (χ0) is 32.2. The van der Waals surface area contributed by atoms with E-state index >= 15 is 0 Å². The zero-order valence-corrected chi connectivity index (χ0v) is 27.4. The molecule has 0 radical (unpaired) electrons. The van der Waals surface area contributed by atoms with Crippen LogP contribution in [0.5, 0.6) is 0 Å². The Morgan fingerprint density at radius 1 is 0.447 bits per heavy atom. The SMILES string of the molecule is CC1(C)OB(c2cccc(C3(c4ccc(N(c5ccccc5)c5ccccc5)cc4)c4ccccc4-c4ccccc43)c2)OC1(C)C. The van der Waals surface area contributed by atoms with Gasteiger partial charge < -0.3 is 14.2 Å². The van der Waals surface area contributed by atoms with Crippen molar-refractivity contribution in [3.05, 3.63) is 180 Å². The van der Waals surface area contributed by atoms with Gasteiger partial charge in [-0.15, -0.1) is 0 Å². The molecule has 0 N–H and O–H groups in total. The molecule has 1 aliphatic heterocycles. The molecule has 2 aliphatic rings. The maximum Gasteiger partial charge on any atom is 0.494 e. The number of hydrogen-bond donors (Lipinski definition) is 0. The molecule has 230 valence electrons. The molecule has 4 heteroatoms. The van der Waals surface area contributed by atoms with Crippen LogP contribution in [0.1, 0.15) is 49.9 Å². The second-order valence-corrected chi connectivity index (χ2v) is 13.6. The molecule has 0 saturated carbocycles. The van der Waals surface area contributed by atoms with Gasteiger partial charge in [0.15, 0.2) is 0 Å². The third-order valence-electron chi connectivity index (χ3n) is 10.4. The first kappa shape index (κ1) is 29.5. The summed E-state index contributed by atoms with van der Waals surface area (Å²) in [5.41, 5.74) is 10.5. The fourth-order valence-corrected chi connectivity index (χ4v) is 7.38. The summed E-state index contributed by atoms with van der Waals surface area (Å²) in [5, 5.41) is 0. The Hall–Kier alpha value is -4.90. The van der Waals surface area contributed by atoms with Gasteiger partial charge in [-0.05, 0) is 103 Å². The Bertz CT molecular complexity index is 1950. The summed E-state index contributed by atoms with van der Waals surface area (Å²) >= 11 is 0. The summed E-state index contributed by atoms with van der Waals surface area (Å²) < 4.78 is 13.1. The van der Waals surface area contributed by atoms with Crippen molar-refractivity contribution >= 4 is 29.6 Å². The molecule has 1 heterocycles. The van der Waals surface area contributed by atoms with E-state index in [4.69, 9.17) is 9.31 Å². The van der Waals surface area contributed by atoms with Gasteiger partial charge in [0.25, 0.3) is 0 Å². The molecule has 0 bridgehead atoms. The van der Waals surface area contributed by atoms with Gasteiger partial charge in [0.2, 0.25) is 0 Å². The highest BCUT2D eigenvalue weighted by Crippen LogP contribution is 2.56. The summed E-state index contributed by atoms with van der Waals surface area (Å²) in [4.78, 5) is 2.31. The third kappa shape index (κ3) is 4.66. The summed E-state index contributed by atoms with van der Waals surface area (Å²) in [7, 11) is -0.448. The van der Waals surface area contributed by atoms with Gasteiger partial charge in [-0.25, -0.2) is 0 Å². The predicted octanol–water partition coefficient (Wildman–Crippen LogP) is 9.82. The fourth-order valence-electron chi connectivity index (χ4n) is 7.38. The number of fused-ring (bicyclic) bond motifs is 3. The maximum absolute atomic E-state index is 6.54. The van der Waals surface area contributed by atoms with E-state index in [1.807, 2.05) is 0 Å². The first-order chi connectivity index (χ1) is 22.8. The van der Waals surface area contributed by atoms with Crippen LogP contribution in [-0.2, 0) is 14.7 Å². The summed E-state index contributed by atoms with van der Waals surface area (Å²) in [6.07, 6.45) is 0. The van der Waals surface area contributed by atoms with E-state index in [0.29, 0.717) is 0 Å². The minimum atomic E-state index is -0.532. The Kier molecular flexibility index (Phi) is 6.98. The molecule has 0 unspecified atom stereocenters. The second-order valence-electron chi connectivity index (χ2n) is 13.6. The highest BCUT2D eigenvalue weighted by Gasteiger charge is 2.52. The van der Waals surface area contributed by atoms with E-state index in [0.717, 1.165) is 22.5 Å². The predicted molar refractivity (Wildman–Crippen MR) is 194 cm³/mol. The van der Waals surface area contributed by atoms with Crippen molar-refractivity contribution in [1.29, 1.82) is 0 Å². The topological polar surface area (TPSA) is 21.7 Å². The average molecular weight is 612 g/mol. The number of rotatable bonds is 6. The third-order valence-corrected chi connectivity index (χ3v) is 10.4. The lowest BCUT2D eigenvalue weighted by Gasteiger charge is -2.35. The lowest BCUT2D eigenvalue weighted by atomic mass is 9.66. The van der Waals surface area contributed by atoms with Crippen molar-refractivity contribution in [2.45, 2.75) is 44.3 Å². The molecule has 0 amide bonds. The Morgan fingerprint density at radius 2 is 0.915 bits per heavy atom. The molecular weight excluding hydrogens is 573 g/mol. The minimum Gasteiger partial charge on any atom is -0.399 e. The van der Waals surface area contributed by atoms with Crippen LogP contribution in [0.3, 0.4) is 0 Å². The highest BCUT2D eigenvalue weighted by molar-refractivity contribution is 6.62. The van der Waals surface area contributed by atoms with Crippen molar-refractivity contribution in [2.24, 2.45) is 0 Å². The van der Waals surface area contributed by atoms with Gasteiger partial charge in [-0.1, -0.05) is 121 Å². The Balaban J connectivity index is 1.32. The molecule has 1 fully saturated rings. The van der Waals surface area contributed by atoms with Crippen LogP contribution in [0.25, 0.3) is 11.1 Å². The lowest BCUT2D eigenvalue weighted by molar-refractivity contribution is 0.00578. The van der Waals surface area contributed by atoms with Crippen LogP contribution in [0.2, 0.25) is 0 Å². The standard InChI is InChI=1S/C43H38BNO2/c1-41(2)42(3,4)47-44(46-41)33-17-15-16-32(30-33)43(39-24-13-11-22-37(39)38-23-12-14-25-40(38)43)31-26-28-36(29-27-31)45(34-18-7-5-8-19-34)35-20-9-6-10-21-35/h5-30H,1-4H3. The fraction of sp³-hybridized carbons (Fsp3) is 0.163. The quantitative estimate of drug-likeness (QED) is 0.175. The van der Waals surface area contributed by atoms with Crippen LogP contribution in [-0.4, -0.2) is 18.3 Å². The van der Waals surface area contributed by atoms with E-state index < -0.39 is 23.7 Å². The maximum atomic E-state index is 6.54. The highest BCUT2D eigenvalue weighted by atomic mass is 16.7. The largest absolute Gasteiger partial charge is 0.494 e. The van der Waals surface area contributed by atoms with Gasteiger partial charge in [0.05, 0.1) is 16.6 Å². The van der Waals surface area contributed by atoms with Gasteiger partial charge in [0.1, 0.15) is 0 Å². The monoisotopic (exact) mass is 611 g/mol. The van der Waals surface area contributed by atoms with Gasteiger partial charge >= 0.3 is 7.12 Å². The van der Waals surface area contributed by atoms with E-state index in [1.165, 1.54) is 33.4 Å². The van der Waals surface area contributed by atoms with Crippen LogP contribution in [0.4, 0.5) is 17.1 Å². The summed E-state index contributed by atoms with van der Waals surface area (Å²) in [5.74, 6) is 0. The molecule has 6 aromatic carbocycles. The number of nitrogens with zero attached hydrogens (tertiary/aromatic N) is 1. The van der Waals surface area contributed by atoms with Gasteiger partial charge in [0, 0.05) is 17.1 Å². The minimum absolute atomic E-state index is 0.420. The molecule has 6 aromatic rings. The first-order valence-corrected chi connectivity index (χ1v) is 16.5. The van der Waals surface area contributed by atoms with Gasteiger partial charge in [-0.2, -0.15) is 0 Å². The molecule has 8 rings (SSSR count). The van der Waals surface area contributed by atoms with Crippen LogP contribution in [0.15, 0.2) is 158 Å². The van der Waals surface area contributed by atoms with E-state index in [2.05, 4.69) is 190 Å². The van der Waals surface area contributed by atoms with E-state index in [-0.39, 0.29) is 0 Å². The van der Waals surface area contributed by atoms with Crippen molar-refractivity contribution in [2.75, 3.05) is 4.90 Å². The van der Waals surface area contributed by atoms with Crippen molar-refractivity contribution in [3.63, 3.8) is 0 Å². The number of para-hydroxylation sites is 2. The molecule has 47 heavy (non-hydrogen) atoms. The van der Waals surface area contributed by atoms with Crippen LogP contribution in [0, 0.1) is 0 Å². The molecule has 0 aromatic heterocycles. The van der Waals surface area contributed by atoms with Gasteiger partial charge in [-0.3, -0.25) is 0 Å². The van der Waals surface area contributed by atoms with Crippen LogP contribution < -0.4 is 10.4 Å². The molecular formula is C43H38BNO2. The summed E-state index contributed by atoms with van der Waals surface area (Å²) in [6.45, 7) is 8.43. The molecule has 0 spiro atoms. The van der Waals surface area contributed by atoms with E-state index in [9.17, 15) is 0 Å². The molecule has 1 saturated heterocycles. The van der Waals surface area contributed by atoms with Crippen molar-refractivity contribution in [1.82, 2.24) is 0 Å². The summed E-state index contributed by atoms with van der Waals surface area (Å²) in [6, 6.07) is 56.9. The van der Waals surface area contributed by atoms with Crippen LogP contribution >= 0.6 is 0 Å². The Labute approximate surface area is 278 Å².